The van der Waals surface area contributed by atoms with Crippen LogP contribution in [0.1, 0.15) is 5.56 Å². The molecule has 0 bridgehead atoms. The molecule has 7 nitrogen and oxygen atoms in total. The summed E-state index contributed by atoms with van der Waals surface area (Å²) in [4.78, 5) is 28.9. The molecule has 2 amide bonds. The maximum atomic E-state index is 13.9. The fourth-order valence-electron chi connectivity index (χ4n) is 3.65. The van der Waals surface area contributed by atoms with E-state index in [9.17, 15) is 19.1 Å². The second-order valence-corrected chi connectivity index (χ2v) is 7.70. The highest BCUT2D eigenvalue weighted by Gasteiger charge is 2.22. The summed E-state index contributed by atoms with van der Waals surface area (Å²) < 4.78 is 13.9. The molecular formula is C23H29FN4O3. The van der Waals surface area contributed by atoms with Crippen LogP contribution in [0.15, 0.2) is 54.6 Å². The van der Waals surface area contributed by atoms with E-state index in [1.165, 1.54) is 17.0 Å². The quantitative estimate of drug-likeness (QED) is 0.554. The molecule has 1 atom stereocenters. The zero-order valence-corrected chi connectivity index (χ0v) is 17.5. The summed E-state index contributed by atoms with van der Waals surface area (Å²) in [6.45, 7) is 4.12. The molecule has 31 heavy (non-hydrogen) atoms. The molecule has 166 valence electrons. The highest BCUT2D eigenvalue weighted by atomic mass is 19.1. The Morgan fingerprint density at radius 2 is 1.71 bits per heavy atom. The molecule has 3 rings (SSSR count). The molecule has 2 aromatic rings. The van der Waals surface area contributed by atoms with Crippen LogP contribution in [0.25, 0.3) is 0 Å². The van der Waals surface area contributed by atoms with Crippen molar-refractivity contribution in [2.75, 3.05) is 50.7 Å². The summed E-state index contributed by atoms with van der Waals surface area (Å²) in [5.74, 6) is -0.509. The molecule has 2 N–H and O–H groups in total. The van der Waals surface area contributed by atoms with Crippen molar-refractivity contribution in [3.63, 3.8) is 0 Å². The van der Waals surface area contributed by atoms with Crippen LogP contribution in [0.5, 0.6) is 0 Å². The predicted molar refractivity (Wildman–Crippen MR) is 117 cm³/mol. The van der Waals surface area contributed by atoms with E-state index in [1.807, 2.05) is 30.3 Å². The van der Waals surface area contributed by atoms with E-state index < -0.39 is 11.9 Å². The standard InChI is InChI=1S/C23H29FN4O3/c24-21-8-4-5-9-22(21)28(18-29)16-20(30)15-26-10-12-27(13-11-26)17-23(31)25-14-19-6-2-1-3-7-19/h1-9,18,20,30H,10-17H2,(H,25,31). The minimum atomic E-state index is -0.800. The number of para-hydroxylation sites is 1. The van der Waals surface area contributed by atoms with Crippen LogP contribution in [-0.2, 0) is 16.1 Å². The van der Waals surface area contributed by atoms with Gasteiger partial charge in [0.15, 0.2) is 0 Å². The fraction of sp³-hybridized carbons (Fsp3) is 0.391. The molecule has 2 aromatic carbocycles. The smallest absolute Gasteiger partial charge is 0.234 e. The lowest BCUT2D eigenvalue weighted by atomic mass is 10.2. The van der Waals surface area contributed by atoms with Gasteiger partial charge in [-0.15, -0.1) is 0 Å². The molecule has 1 unspecified atom stereocenters. The molecule has 1 aliphatic heterocycles. The number of piperazine rings is 1. The predicted octanol–water partition coefficient (Wildman–Crippen LogP) is 1.08. The number of halogens is 1. The maximum absolute atomic E-state index is 13.9. The number of aliphatic hydroxyl groups is 1. The van der Waals surface area contributed by atoms with Crippen LogP contribution in [0.4, 0.5) is 10.1 Å². The van der Waals surface area contributed by atoms with Gasteiger partial charge in [-0.05, 0) is 17.7 Å². The van der Waals surface area contributed by atoms with Crippen molar-refractivity contribution >= 4 is 18.0 Å². The third kappa shape index (κ3) is 7.13. The minimum absolute atomic E-state index is 0.0103. The fourth-order valence-corrected chi connectivity index (χ4v) is 3.65. The summed E-state index contributed by atoms with van der Waals surface area (Å²) in [6.07, 6.45) is -0.265. The van der Waals surface area contributed by atoms with Gasteiger partial charge >= 0.3 is 0 Å². The van der Waals surface area contributed by atoms with Crippen LogP contribution in [0, 0.1) is 5.82 Å². The van der Waals surface area contributed by atoms with Gasteiger partial charge in [0.25, 0.3) is 0 Å². The topological polar surface area (TPSA) is 76.1 Å². The van der Waals surface area contributed by atoms with Gasteiger partial charge in [-0.3, -0.25) is 19.4 Å². The third-order valence-corrected chi connectivity index (χ3v) is 5.33. The highest BCUT2D eigenvalue weighted by molar-refractivity contribution is 5.78. The van der Waals surface area contributed by atoms with E-state index >= 15 is 0 Å². The van der Waals surface area contributed by atoms with Crippen molar-refractivity contribution in [2.24, 2.45) is 0 Å². The van der Waals surface area contributed by atoms with E-state index in [-0.39, 0.29) is 18.1 Å². The van der Waals surface area contributed by atoms with Gasteiger partial charge in [0.1, 0.15) is 5.82 Å². The van der Waals surface area contributed by atoms with Crippen molar-refractivity contribution in [3.8, 4) is 0 Å². The molecule has 1 saturated heterocycles. The summed E-state index contributed by atoms with van der Waals surface area (Å²) >= 11 is 0. The first-order valence-corrected chi connectivity index (χ1v) is 10.4. The van der Waals surface area contributed by atoms with Crippen LogP contribution >= 0.6 is 0 Å². The number of rotatable bonds is 10. The van der Waals surface area contributed by atoms with Gasteiger partial charge in [0, 0.05) is 39.3 Å². The maximum Gasteiger partial charge on any atom is 0.234 e. The number of nitrogens with one attached hydrogen (secondary N) is 1. The van der Waals surface area contributed by atoms with Crippen LogP contribution in [0.2, 0.25) is 0 Å². The Bertz CT molecular complexity index is 844. The van der Waals surface area contributed by atoms with Crippen molar-refractivity contribution in [1.82, 2.24) is 15.1 Å². The highest BCUT2D eigenvalue weighted by Crippen LogP contribution is 2.17. The van der Waals surface area contributed by atoms with Gasteiger partial charge in [-0.1, -0.05) is 42.5 Å². The SMILES string of the molecule is O=CN(CC(O)CN1CCN(CC(=O)NCc2ccccc2)CC1)c1ccccc1F. The Kier molecular flexibility index (Phi) is 8.52. The average Bonchev–Trinajstić information content (AvgIpc) is 2.79. The minimum Gasteiger partial charge on any atom is -0.390 e. The van der Waals surface area contributed by atoms with E-state index in [1.54, 1.807) is 12.1 Å². The van der Waals surface area contributed by atoms with Crippen LogP contribution in [0.3, 0.4) is 0 Å². The number of benzene rings is 2. The monoisotopic (exact) mass is 428 g/mol. The number of carbonyl (C=O) groups excluding carboxylic acids is 2. The first-order chi connectivity index (χ1) is 15.0. The second kappa shape index (κ2) is 11.5. The largest absolute Gasteiger partial charge is 0.390 e. The van der Waals surface area contributed by atoms with Gasteiger partial charge in [0.05, 0.1) is 24.9 Å². The molecule has 0 radical (unpaired) electrons. The number of β-amino-alcohol motifs (C(OH)–C–C–N with tert-alkyl or cyclic N) is 1. The van der Waals surface area contributed by atoms with Crippen LogP contribution < -0.4 is 10.2 Å². The number of hydrogen-bond acceptors (Lipinski definition) is 5. The summed E-state index contributed by atoms with van der Waals surface area (Å²) in [5.41, 5.74) is 1.22. The zero-order chi connectivity index (χ0) is 22.1. The number of amides is 2. The molecule has 1 fully saturated rings. The Hall–Kier alpha value is -2.81. The number of anilines is 1. The molecule has 0 saturated carbocycles. The lowest BCUT2D eigenvalue weighted by Gasteiger charge is -2.35. The van der Waals surface area contributed by atoms with Crippen molar-refractivity contribution in [2.45, 2.75) is 12.6 Å². The molecule has 1 aliphatic rings. The van der Waals surface area contributed by atoms with E-state index in [2.05, 4.69) is 15.1 Å². The summed E-state index contributed by atoms with van der Waals surface area (Å²) in [7, 11) is 0. The number of hydrogen-bond donors (Lipinski definition) is 2. The van der Waals surface area contributed by atoms with E-state index in [0.29, 0.717) is 39.1 Å². The van der Waals surface area contributed by atoms with Gasteiger partial charge in [-0.25, -0.2) is 4.39 Å². The van der Waals surface area contributed by atoms with Crippen LogP contribution in [-0.4, -0.2) is 79.1 Å². The van der Waals surface area contributed by atoms with Gasteiger partial charge in [-0.2, -0.15) is 0 Å². The van der Waals surface area contributed by atoms with Crippen molar-refractivity contribution in [3.05, 3.63) is 66.0 Å². The van der Waals surface area contributed by atoms with Gasteiger partial charge in [0.2, 0.25) is 12.3 Å². The Labute approximate surface area is 182 Å². The van der Waals surface area contributed by atoms with Crippen molar-refractivity contribution < 1.29 is 19.1 Å². The van der Waals surface area contributed by atoms with Gasteiger partial charge < -0.3 is 15.3 Å². The molecule has 0 spiro atoms. The molecule has 8 heteroatoms. The number of aliphatic hydroxyl groups excluding tert-OH is 1. The Balaban J connectivity index is 1.37. The van der Waals surface area contributed by atoms with E-state index in [4.69, 9.17) is 0 Å². The lowest BCUT2D eigenvalue weighted by molar-refractivity contribution is -0.122. The molecule has 1 heterocycles. The number of carbonyl (C=O) groups is 2. The van der Waals surface area contributed by atoms with E-state index in [0.717, 1.165) is 18.7 Å². The zero-order valence-electron chi connectivity index (χ0n) is 17.5. The van der Waals surface area contributed by atoms with Crippen molar-refractivity contribution in [1.29, 1.82) is 0 Å². The number of nitrogens with zero attached hydrogens (tertiary/aromatic N) is 3. The third-order valence-electron chi connectivity index (χ3n) is 5.33. The Morgan fingerprint density at radius 1 is 1.06 bits per heavy atom. The normalized spacial score (nSPS) is 15.9. The molecule has 0 aromatic heterocycles. The molecular weight excluding hydrogens is 399 g/mol. The molecule has 0 aliphatic carbocycles. The average molecular weight is 429 g/mol. The summed E-state index contributed by atoms with van der Waals surface area (Å²) in [5, 5.41) is 13.3. The lowest BCUT2D eigenvalue weighted by Crippen LogP contribution is -2.51. The Morgan fingerprint density at radius 3 is 2.39 bits per heavy atom. The first-order valence-electron chi connectivity index (χ1n) is 10.4. The second-order valence-electron chi connectivity index (χ2n) is 7.70. The first kappa shape index (κ1) is 22.9. The summed E-state index contributed by atoms with van der Waals surface area (Å²) in [6, 6.07) is 15.8.